The minimum atomic E-state index is -0.435. The molecule has 4 atom stereocenters. The maximum absolute atomic E-state index is 11.3. The second kappa shape index (κ2) is 3.81. The van der Waals surface area contributed by atoms with Crippen molar-refractivity contribution in [1.29, 1.82) is 0 Å². The molecule has 1 aliphatic heterocycles. The molecule has 0 unspecified atom stereocenters. The van der Waals surface area contributed by atoms with Crippen LogP contribution in [0.15, 0.2) is 0 Å². The van der Waals surface area contributed by atoms with E-state index in [9.17, 15) is 9.59 Å². The summed E-state index contributed by atoms with van der Waals surface area (Å²) in [5, 5.41) is 9.04. The third kappa shape index (κ3) is 1.84. The number of esters is 2. The van der Waals surface area contributed by atoms with Gasteiger partial charge in [-0.2, -0.15) is 0 Å². The Bertz CT molecular complexity index is 288. The second-order valence-corrected chi connectivity index (χ2v) is 4.13. The van der Waals surface area contributed by atoms with Gasteiger partial charge in [0.2, 0.25) is 0 Å². The van der Waals surface area contributed by atoms with Crippen molar-refractivity contribution in [3.05, 3.63) is 0 Å². The van der Waals surface area contributed by atoms with Crippen LogP contribution in [0.1, 0.15) is 19.8 Å². The highest BCUT2D eigenvalue weighted by Crippen LogP contribution is 2.41. The highest BCUT2D eigenvalue weighted by atomic mass is 16.6. The van der Waals surface area contributed by atoms with Gasteiger partial charge >= 0.3 is 11.9 Å². The first kappa shape index (κ1) is 10.4. The molecular formula is C10H14O5. The molecule has 2 aliphatic rings. The van der Waals surface area contributed by atoms with Crippen molar-refractivity contribution in [2.75, 3.05) is 6.61 Å². The molecule has 2 rings (SSSR count). The summed E-state index contributed by atoms with van der Waals surface area (Å²) in [5.41, 5.74) is 0. The summed E-state index contributed by atoms with van der Waals surface area (Å²) in [5.74, 6) is -1.07. The molecule has 15 heavy (non-hydrogen) atoms. The van der Waals surface area contributed by atoms with Crippen LogP contribution >= 0.6 is 0 Å². The van der Waals surface area contributed by atoms with Crippen molar-refractivity contribution in [3.8, 4) is 0 Å². The molecule has 0 aromatic heterocycles. The molecule has 1 saturated heterocycles. The SMILES string of the molecule is CC(=O)O[C@@H]1C[C@H]2[C@H](C1)OC(=O)[C@@H]2CO. The van der Waals surface area contributed by atoms with Crippen molar-refractivity contribution in [2.24, 2.45) is 11.8 Å². The van der Waals surface area contributed by atoms with Gasteiger partial charge < -0.3 is 14.6 Å². The van der Waals surface area contributed by atoms with E-state index in [1.165, 1.54) is 6.92 Å². The Labute approximate surface area is 87.4 Å². The quantitative estimate of drug-likeness (QED) is 0.648. The van der Waals surface area contributed by atoms with Crippen LogP contribution in [0.5, 0.6) is 0 Å². The Hall–Kier alpha value is -1.10. The van der Waals surface area contributed by atoms with Gasteiger partial charge in [-0.05, 0) is 6.42 Å². The van der Waals surface area contributed by atoms with E-state index >= 15 is 0 Å². The lowest BCUT2D eigenvalue weighted by Crippen LogP contribution is -2.22. The number of aliphatic hydroxyl groups excluding tert-OH is 1. The van der Waals surface area contributed by atoms with Crippen molar-refractivity contribution in [2.45, 2.75) is 32.0 Å². The van der Waals surface area contributed by atoms with Crippen molar-refractivity contribution in [3.63, 3.8) is 0 Å². The van der Waals surface area contributed by atoms with Gasteiger partial charge in [0, 0.05) is 19.3 Å². The first-order valence-corrected chi connectivity index (χ1v) is 5.10. The van der Waals surface area contributed by atoms with Gasteiger partial charge in [0.05, 0.1) is 12.5 Å². The van der Waals surface area contributed by atoms with E-state index in [2.05, 4.69) is 0 Å². The third-order valence-electron chi connectivity index (χ3n) is 3.12. The van der Waals surface area contributed by atoms with E-state index in [4.69, 9.17) is 14.6 Å². The van der Waals surface area contributed by atoms with E-state index < -0.39 is 5.92 Å². The predicted molar refractivity (Wildman–Crippen MR) is 48.7 cm³/mol. The van der Waals surface area contributed by atoms with Crippen LogP contribution in [0.2, 0.25) is 0 Å². The monoisotopic (exact) mass is 214 g/mol. The number of ether oxygens (including phenoxy) is 2. The first-order chi connectivity index (χ1) is 7.11. The van der Waals surface area contributed by atoms with Crippen LogP contribution in [0, 0.1) is 11.8 Å². The number of fused-ring (bicyclic) bond motifs is 1. The molecule has 0 aromatic carbocycles. The fraction of sp³-hybridized carbons (Fsp3) is 0.800. The molecular weight excluding hydrogens is 200 g/mol. The van der Waals surface area contributed by atoms with Gasteiger partial charge in [-0.1, -0.05) is 0 Å². The van der Waals surface area contributed by atoms with E-state index in [0.29, 0.717) is 12.8 Å². The third-order valence-corrected chi connectivity index (χ3v) is 3.12. The Morgan fingerprint density at radius 3 is 2.93 bits per heavy atom. The normalized spacial score (nSPS) is 38.7. The predicted octanol–water partition coefficient (Wildman–Crippen LogP) is -0.138. The summed E-state index contributed by atoms with van der Waals surface area (Å²) in [6, 6.07) is 0. The summed E-state index contributed by atoms with van der Waals surface area (Å²) in [6.07, 6.45) is 0.826. The molecule has 1 saturated carbocycles. The minimum Gasteiger partial charge on any atom is -0.462 e. The van der Waals surface area contributed by atoms with Crippen molar-refractivity contribution >= 4 is 11.9 Å². The lowest BCUT2D eigenvalue weighted by molar-refractivity contribution is -0.149. The molecule has 0 aromatic rings. The molecule has 5 heteroatoms. The number of aliphatic hydroxyl groups is 1. The van der Waals surface area contributed by atoms with Gasteiger partial charge in [0.25, 0.3) is 0 Å². The Kier molecular flexibility index (Phi) is 2.65. The van der Waals surface area contributed by atoms with Crippen LogP contribution in [-0.4, -0.2) is 35.9 Å². The van der Waals surface area contributed by atoms with Crippen LogP contribution < -0.4 is 0 Å². The molecule has 1 heterocycles. The molecule has 84 valence electrons. The fourth-order valence-corrected chi connectivity index (χ4v) is 2.50. The summed E-state index contributed by atoms with van der Waals surface area (Å²) < 4.78 is 10.2. The average molecular weight is 214 g/mol. The summed E-state index contributed by atoms with van der Waals surface area (Å²) in [7, 11) is 0. The van der Waals surface area contributed by atoms with Gasteiger partial charge in [-0.3, -0.25) is 9.59 Å². The van der Waals surface area contributed by atoms with Crippen molar-refractivity contribution in [1.82, 2.24) is 0 Å². The van der Waals surface area contributed by atoms with Gasteiger partial charge in [-0.15, -0.1) is 0 Å². The molecule has 1 aliphatic carbocycles. The fourth-order valence-electron chi connectivity index (χ4n) is 2.50. The lowest BCUT2D eigenvalue weighted by atomic mass is 9.93. The molecule has 0 radical (unpaired) electrons. The summed E-state index contributed by atoms with van der Waals surface area (Å²) >= 11 is 0. The molecule has 0 amide bonds. The Balaban J connectivity index is 1.98. The number of hydrogen-bond donors (Lipinski definition) is 1. The van der Waals surface area contributed by atoms with E-state index in [1.807, 2.05) is 0 Å². The minimum absolute atomic E-state index is 0.00634. The zero-order chi connectivity index (χ0) is 11.0. The van der Waals surface area contributed by atoms with Crippen LogP contribution in [-0.2, 0) is 19.1 Å². The summed E-state index contributed by atoms with van der Waals surface area (Å²) in [6.45, 7) is 1.18. The van der Waals surface area contributed by atoms with Gasteiger partial charge in [-0.25, -0.2) is 0 Å². The highest BCUT2D eigenvalue weighted by molar-refractivity contribution is 5.75. The topological polar surface area (TPSA) is 72.8 Å². The highest BCUT2D eigenvalue weighted by Gasteiger charge is 2.50. The maximum atomic E-state index is 11.3. The molecule has 0 spiro atoms. The zero-order valence-electron chi connectivity index (χ0n) is 8.51. The van der Waals surface area contributed by atoms with Crippen LogP contribution in [0.25, 0.3) is 0 Å². The number of carbonyl (C=O) groups excluding carboxylic acids is 2. The molecule has 0 bridgehead atoms. The van der Waals surface area contributed by atoms with E-state index in [1.54, 1.807) is 0 Å². The standard InChI is InChI=1S/C10H14O5/c1-5(12)14-6-2-7-8(4-11)10(13)15-9(7)3-6/h6-9,11H,2-4H2,1H3/t6-,7-,8-,9+/m1/s1. The van der Waals surface area contributed by atoms with E-state index in [0.717, 1.165) is 0 Å². The molecule has 5 nitrogen and oxygen atoms in total. The summed E-state index contributed by atoms with van der Waals surface area (Å²) in [4.78, 5) is 22.0. The largest absolute Gasteiger partial charge is 0.462 e. The second-order valence-electron chi connectivity index (χ2n) is 4.13. The van der Waals surface area contributed by atoms with Crippen LogP contribution in [0.3, 0.4) is 0 Å². The average Bonchev–Trinajstić information content (AvgIpc) is 2.59. The van der Waals surface area contributed by atoms with Crippen molar-refractivity contribution < 1.29 is 24.2 Å². The lowest BCUT2D eigenvalue weighted by Gasteiger charge is -2.12. The maximum Gasteiger partial charge on any atom is 0.311 e. The Morgan fingerprint density at radius 1 is 1.60 bits per heavy atom. The smallest absolute Gasteiger partial charge is 0.311 e. The molecule has 2 fully saturated rings. The van der Waals surface area contributed by atoms with Gasteiger partial charge in [0.15, 0.2) is 0 Å². The number of rotatable bonds is 2. The number of hydrogen-bond acceptors (Lipinski definition) is 5. The van der Waals surface area contributed by atoms with Crippen LogP contribution in [0.4, 0.5) is 0 Å². The van der Waals surface area contributed by atoms with Gasteiger partial charge in [0.1, 0.15) is 12.2 Å². The zero-order valence-corrected chi connectivity index (χ0v) is 8.51. The first-order valence-electron chi connectivity index (χ1n) is 5.10. The Morgan fingerprint density at radius 2 is 2.33 bits per heavy atom. The molecule has 1 N–H and O–H groups in total. The number of carbonyl (C=O) groups is 2. The van der Waals surface area contributed by atoms with E-state index in [-0.39, 0.29) is 36.7 Å².